The molecule has 1 heterocycles. The zero-order valence-electron chi connectivity index (χ0n) is 14.3. The van der Waals surface area contributed by atoms with E-state index in [1.54, 1.807) is 36.4 Å². The van der Waals surface area contributed by atoms with Crippen LogP contribution in [0.5, 0.6) is 0 Å². The van der Waals surface area contributed by atoms with E-state index in [2.05, 4.69) is 5.32 Å². The van der Waals surface area contributed by atoms with Crippen molar-refractivity contribution in [1.29, 1.82) is 0 Å². The van der Waals surface area contributed by atoms with E-state index in [0.717, 1.165) is 37.9 Å². The van der Waals surface area contributed by atoms with Crippen molar-refractivity contribution in [1.82, 2.24) is 0 Å². The maximum absolute atomic E-state index is 12.2. The van der Waals surface area contributed by atoms with Gasteiger partial charge < -0.3 is 10.2 Å². The molecule has 1 aliphatic rings. The average Bonchev–Trinajstić information content (AvgIpc) is 2.64. The zero-order valence-corrected chi connectivity index (χ0v) is 15.0. The lowest BCUT2D eigenvalue weighted by molar-refractivity contribution is -0.384. The molecule has 1 fully saturated rings. The second-order valence-electron chi connectivity index (χ2n) is 6.36. The van der Waals surface area contributed by atoms with Crippen molar-refractivity contribution in [3.05, 3.63) is 63.2 Å². The van der Waals surface area contributed by atoms with Gasteiger partial charge in [-0.15, -0.1) is 0 Å². The molecule has 1 amide bonds. The van der Waals surface area contributed by atoms with Crippen LogP contribution >= 0.6 is 11.6 Å². The van der Waals surface area contributed by atoms with Crippen molar-refractivity contribution >= 4 is 34.6 Å². The van der Waals surface area contributed by atoms with Crippen molar-refractivity contribution in [2.75, 3.05) is 23.3 Å². The summed E-state index contributed by atoms with van der Waals surface area (Å²) in [5.74, 6) is -0.229. The third-order valence-corrected chi connectivity index (χ3v) is 4.68. The molecule has 2 aromatic rings. The van der Waals surface area contributed by atoms with Crippen LogP contribution in [-0.2, 0) is 11.2 Å². The molecule has 1 N–H and O–H groups in total. The first-order valence-electron chi connectivity index (χ1n) is 8.60. The number of hydrogen-bond donors (Lipinski definition) is 1. The first-order valence-corrected chi connectivity index (χ1v) is 8.98. The number of anilines is 2. The summed E-state index contributed by atoms with van der Waals surface area (Å²) < 4.78 is 0. The van der Waals surface area contributed by atoms with E-state index in [0.29, 0.717) is 16.4 Å². The van der Waals surface area contributed by atoms with Crippen LogP contribution in [0.25, 0.3) is 0 Å². The van der Waals surface area contributed by atoms with Gasteiger partial charge in [0.05, 0.1) is 11.3 Å². The predicted molar refractivity (Wildman–Crippen MR) is 103 cm³/mol. The summed E-state index contributed by atoms with van der Waals surface area (Å²) in [6.45, 7) is 1.65. The van der Waals surface area contributed by atoms with E-state index >= 15 is 0 Å². The molecule has 0 aromatic heterocycles. The number of benzene rings is 2. The fraction of sp³-hybridized carbons (Fsp3) is 0.316. The van der Waals surface area contributed by atoms with Crippen LogP contribution in [0.15, 0.2) is 42.5 Å². The first kappa shape index (κ1) is 18.2. The number of amides is 1. The standard InChI is InChI=1S/C19H20ClN3O3/c20-15-6-4-14(5-7-15)12-19(24)21-16-8-9-17(18(13-16)23(25)26)22-10-2-1-3-11-22/h4-9,13H,1-3,10-12H2,(H,21,24). The Morgan fingerprint density at radius 3 is 2.46 bits per heavy atom. The Morgan fingerprint density at radius 2 is 1.81 bits per heavy atom. The van der Waals surface area contributed by atoms with Gasteiger partial charge in [0.2, 0.25) is 5.91 Å². The molecule has 0 radical (unpaired) electrons. The van der Waals surface area contributed by atoms with Crippen LogP contribution < -0.4 is 10.2 Å². The largest absolute Gasteiger partial charge is 0.366 e. The van der Waals surface area contributed by atoms with Crippen molar-refractivity contribution in [2.45, 2.75) is 25.7 Å². The van der Waals surface area contributed by atoms with Gasteiger partial charge in [-0.25, -0.2) is 0 Å². The minimum Gasteiger partial charge on any atom is -0.366 e. The highest BCUT2D eigenvalue weighted by molar-refractivity contribution is 6.30. The van der Waals surface area contributed by atoms with E-state index in [1.165, 1.54) is 6.07 Å². The van der Waals surface area contributed by atoms with E-state index in [-0.39, 0.29) is 18.0 Å². The second-order valence-corrected chi connectivity index (χ2v) is 6.80. The number of nitro groups is 1. The smallest absolute Gasteiger partial charge is 0.294 e. The Balaban J connectivity index is 1.73. The Kier molecular flexibility index (Phi) is 5.73. The van der Waals surface area contributed by atoms with E-state index in [4.69, 9.17) is 11.6 Å². The third kappa shape index (κ3) is 4.52. The van der Waals surface area contributed by atoms with Crippen LogP contribution in [0.2, 0.25) is 5.02 Å². The van der Waals surface area contributed by atoms with E-state index in [1.807, 2.05) is 4.90 Å². The molecular weight excluding hydrogens is 354 g/mol. The summed E-state index contributed by atoms with van der Waals surface area (Å²) in [5, 5.41) is 14.8. The summed E-state index contributed by atoms with van der Waals surface area (Å²) in [7, 11) is 0. The van der Waals surface area contributed by atoms with Crippen molar-refractivity contribution in [3.8, 4) is 0 Å². The molecule has 0 aliphatic carbocycles. The summed E-state index contributed by atoms with van der Waals surface area (Å²) >= 11 is 5.84. The molecule has 1 aliphatic heterocycles. The third-order valence-electron chi connectivity index (χ3n) is 4.43. The molecule has 136 valence electrons. The van der Waals surface area contributed by atoms with Crippen LogP contribution in [0.1, 0.15) is 24.8 Å². The second kappa shape index (κ2) is 8.19. The molecular formula is C19H20ClN3O3. The van der Waals surface area contributed by atoms with Gasteiger partial charge >= 0.3 is 0 Å². The Bertz CT molecular complexity index is 802. The number of nitrogens with zero attached hydrogens (tertiary/aromatic N) is 2. The van der Waals surface area contributed by atoms with Gasteiger partial charge in [0.25, 0.3) is 5.69 Å². The molecule has 6 nitrogen and oxygen atoms in total. The highest BCUT2D eigenvalue weighted by Crippen LogP contribution is 2.32. The minimum absolute atomic E-state index is 0.0243. The predicted octanol–water partition coefficient (Wildman–Crippen LogP) is 4.42. The van der Waals surface area contributed by atoms with Crippen LogP contribution in [0, 0.1) is 10.1 Å². The fourth-order valence-electron chi connectivity index (χ4n) is 3.14. The zero-order chi connectivity index (χ0) is 18.5. The van der Waals surface area contributed by atoms with Gasteiger partial charge in [0.15, 0.2) is 0 Å². The van der Waals surface area contributed by atoms with Crippen molar-refractivity contribution < 1.29 is 9.72 Å². The van der Waals surface area contributed by atoms with Crippen molar-refractivity contribution in [2.24, 2.45) is 0 Å². The van der Waals surface area contributed by atoms with E-state index in [9.17, 15) is 14.9 Å². The van der Waals surface area contributed by atoms with E-state index < -0.39 is 4.92 Å². The first-order chi connectivity index (χ1) is 12.5. The van der Waals surface area contributed by atoms with Crippen LogP contribution in [-0.4, -0.2) is 23.9 Å². The molecule has 26 heavy (non-hydrogen) atoms. The Hall–Kier alpha value is -2.60. The molecule has 7 heteroatoms. The number of nitro benzene ring substituents is 1. The topological polar surface area (TPSA) is 75.5 Å². The fourth-order valence-corrected chi connectivity index (χ4v) is 3.27. The summed E-state index contributed by atoms with van der Waals surface area (Å²) in [6.07, 6.45) is 3.41. The van der Waals surface area contributed by atoms with Crippen LogP contribution in [0.3, 0.4) is 0 Å². The molecule has 3 rings (SSSR count). The van der Waals surface area contributed by atoms with Crippen LogP contribution in [0.4, 0.5) is 17.1 Å². The van der Waals surface area contributed by atoms with Gasteiger partial charge in [-0.1, -0.05) is 23.7 Å². The molecule has 2 aromatic carbocycles. The molecule has 0 spiro atoms. The van der Waals surface area contributed by atoms with Gasteiger partial charge in [0, 0.05) is 29.9 Å². The molecule has 1 saturated heterocycles. The maximum Gasteiger partial charge on any atom is 0.294 e. The Morgan fingerprint density at radius 1 is 1.12 bits per heavy atom. The summed E-state index contributed by atoms with van der Waals surface area (Å²) in [4.78, 5) is 25.3. The molecule has 0 unspecified atom stereocenters. The highest BCUT2D eigenvalue weighted by Gasteiger charge is 2.22. The quantitative estimate of drug-likeness (QED) is 0.621. The van der Waals surface area contributed by atoms with Gasteiger partial charge in [0.1, 0.15) is 5.69 Å². The average molecular weight is 374 g/mol. The molecule has 0 bridgehead atoms. The Labute approximate surface area is 156 Å². The molecule has 0 saturated carbocycles. The SMILES string of the molecule is O=C(Cc1ccc(Cl)cc1)Nc1ccc(N2CCCCC2)c([N+](=O)[O-])c1. The lowest BCUT2D eigenvalue weighted by Gasteiger charge is -2.28. The molecule has 0 atom stereocenters. The number of nitrogens with one attached hydrogen (secondary N) is 1. The van der Waals surface area contributed by atoms with Crippen molar-refractivity contribution in [3.63, 3.8) is 0 Å². The number of piperidine rings is 1. The maximum atomic E-state index is 12.2. The summed E-state index contributed by atoms with van der Waals surface area (Å²) in [6, 6.07) is 11.9. The lowest BCUT2D eigenvalue weighted by Crippen LogP contribution is -2.30. The minimum atomic E-state index is -0.390. The monoisotopic (exact) mass is 373 g/mol. The highest BCUT2D eigenvalue weighted by atomic mass is 35.5. The van der Waals surface area contributed by atoms with Gasteiger partial charge in [-0.3, -0.25) is 14.9 Å². The number of hydrogen-bond acceptors (Lipinski definition) is 4. The number of carbonyl (C=O) groups excluding carboxylic acids is 1. The van der Waals surface area contributed by atoms with Gasteiger partial charge in [-0.05, 0) is 49.1 Å². The normalized spacial score (nSPS) is 14.1. The number of halogens is 1. The number of rotatable bonds is 5. The number of carbonyl (C=O) groups is 1. The summed E-state index contributed by atoms with van der Waals surface area (Å²) in [5.41, 5.74) is 1.89. The lowest BCUT2D eigenvalue weighted by atomic mass is 10.1. The van der Waals surface area contributed by atoms with Gasteiger partial charge in [-0.2, -0.15) is 0 Å².